The van der Waals surface area contributed by atoms with E-state index in [2.05, 4.69) is 15.3 Å². The molecule has 2 aromatic rings. The molecule has 106 valence electrons. The summed E-state index contributed by atoms with van der Waals surface area (Å²) in [6, 6.07) is 5.29. The Bertz CT molecular complexity index is 567. The van der Waals surface area contributed by atoms with E-state index in [4.69, 9.17) is 0 Å². The Morgan fingerprint density at radius 3 is 2.50 bits per heavy atom. The van der Waals surface area contributed by atoms with Crippen molar-refractivity contribution in [3.63, 3.8) is 0 Å². The third-order valence-electron chi connectivity index (χ3n) is 2.97. The van der Waals surface area contributed by atoms with Crippen molar-refractivity contribution in [3.05, 3.63) is 59.2 Å². The monoisotopic (exact) mass is 277 g/mol. The highest BCUT2D eigenvalue weighted by atomic mass is 19.1. The maximum Gasteiger partial charge on any atom is 0.126 e. The van der Waals surface area contributed by atoms with Crippen molar-refractivity contribution >= 4 is 0 Å². The minimum Gasteiger partial charge on any atom is -0.309 e. The lowest BCUT2D eigenvalue weighted by Crippen LogP contribution is -2.24. The van der Waals surface area contributed by atoms with Crippen LogP contribution in [0.1, 0.15) is 30.0 Å². The average molecular weight is 277 g/mol. The molecule has 1 N–H and O–H groups in total. The standard InChI is InChI=1S/C15H17F2N3/c1-3-18-15(14-4-5-19-10(2)20-14)8-11-6-12(16)9-13(17)7-11/h4-7,9,15,18H,3,8H2,1-2H3. The van der Waals surface area contributed by atoms with E-state index in [1.165, 1.54) is 12.1 Å². The molecule has 1 heterocycles. The van der Waals surface area contributed by atoms with Gasteiger partial charge in [0.15, 0.2) is 0 Å². The Morgan fingerprint density at radius 1 is 1.20 bits per heavy atom. The van der Waals surface area contributed by atoms with Crippen LogP contribution < -0.4 is 5.32 Å². The summed E-state index contributed by atoms with van der Waals surface area (Å²) in [5, 5.41) is 3.28. The van der Waals surface area contributed by atoms with Crippen molar-refractivity contribution in [3.8, 4) is 0 Å². The third-order valence-corrected chi connectivity index (χ3v) is 2.97. The summed E-state index contributed by atoms with van der Waals surface area (Å²) >= 11 is 0. The van der Waals surface area contributed by atoms with E-state index in [1.54, 1.807) is 6.20 Å². The van der Waals surface area contributed by atoms with E-state index in [-0.39, 0.29) is 6.04 Å². The molecule has 1 aromatic carbocycles. The van der Waals surface area contributed by atoms with Crippen molar-refractivity contribution in [2.75, 3.05) is 6.54 Å². The van der Waals surface area contributed by atoms with Crippen LogP contribution in [0.15, 0.2) is 30.5 Å². The lowest BCUT2D eigenvalue weighted by Gasteiger charge is -2.17. The quantitative estimate of drug-likeness (QED) is 0.913. The summed E-state index contributed by atoms with van der Waals surface area (Å²) in [6.07, 6.45) is 2.16. The predicted molar refractivity (Wildman–Crippen MR) is 73.2 cm³/mol. The highest BCUT2D eigenvalue weighted by Crippen LogP contribution is 2.18. The first-order valence-electron chi connectivity index (χ1n) is 6.56. The fraction of sp³-hybridized carbons (Fsp3) is 0.333. The summed E-state index contributed by atoms with van der Waals surface area (Å²) in [6.45, 7) is 4.53. The molecule has 1 aromatic heterocycles. The normalized spacial score (nSPS) is 12.4. The Hall–Kier alpha value is -1.88. The number of nitrogens with zero attached hydrogens (tertiary/aromatic N) is 2. The van der Waals surface area contributed by atoms with E-state index in [1.807, 2.05) is 19.9 Å². The van der Waals surface area contributed by atoms with Gasteiger partial charge in [0.1, 0.15) is 17.5 Å². The maximum atomic E-state index is 13.2. The largest absolute Gasteiger partial charge is 0.309 e. The molecule has 0 bridgehead atoms. The number of aromatic nitrogens is 2. The fourth-order valence-electron chi connectivity index (χ4n) is 2.16. The van der Waals surface area contributed by atoms with E-state index >= 15 is 0 Å². The topological polar surface area (TPSA) is 37.8 Å². The molecule has 3 nitrogen and oxygen atoms in total. The minimum atomic E-state index is -0.561. The van der Waals surface area contributed by atoms with Gasteiger partial charge in [0.25, 0.3) is 0 Å². The van der Waals surface area contributed by atoms with Crippen LogP contribution in [-0.4, -0.2) is 16.5 Å². The number of aryl methyl sites for hydroxylation is 1. The molecule has 0 fully saturated rings. The van der Waals surface area contributed by atoms with Gasteiger partial charge in [-0.25, -0.2) is 18.7 Å². The van der Waals surface area contributed by atoms with Gasteiger partial charge in [-0.3, -0.25) is 0 Å². The molecule has 0 saturated heterocycles. The van der Waals surface area contributed by atoms with Gasteiger partial charge >= 0.3 is 0 Å². The first kappa shape index (κ1) is 14.5. The van der Waals surface area contributed by atoms with Gasteiger partial charge in [0, 0.05) is 12.3 Å². The van der Waals surface area contributed by atoms with Crippen molar-refractivity contribution in [1.29, 1.82) is 0 Å². The first-order valence-corrected chi connectivity index (χ1v) is 6.56. The molecule has 20 heavy (non-hydrogen) atoms. The van der Waals surface area contributed by atoms with E-state index in [0.717, 1.165) is 18.3 Å². The molecule has 0 saturated carbocycles. The van der Waals surface area contributed by atoms with Crippen LogP contribution in [0, 0.1) is 18.6 Å². The zero-order valence-electron chi connectivity index (χ0n) is 11.5. The zero-order valence-corrected chi connectivity index (χ0v) is 11.5. The average Bonchev–Trinajstić information content (AvgIpc) is 2.37. The molecule has 1 unspecified atom stereocenters. The van der Waals surface area contributed by atoms with Crippen LogP contribution >= 0.6 is 0 Å². The third kappa shape index (κ3) is 3.81. The van der Waals surface area contributed by atoms with E-state index in [0.29, 0.717) is 17.8 Å². The molecule has 2 rings (SSSR count). The van der Waals surface area contributed by atoms with Crippen LogP contribution in [0.2, 0.25) is 0 Å². The number of rotatable bonds is 5. The molecule has 0 amide bonds. The van der Waals surface area contributed by atoms with Crippen LogP contribution in [0.5, 0.6) is 0 Å². The van der Waals surface area contributed by atoms with Crippen molar-refractivity contribution < 1.29 is 8.78 Å². The van der Waals surface area contributed by atoms with Crippen molar-refractivity contribution in [2.45, 2.75) is 26.3 Å². The fourth-order valence-corrected chi connectivity index (χ4v) is 2.16. The summed E-state index contributed by atoms with van der Waals surface area (Å²) in [7, 11) is 0. The highest BCUT2D eigenvalue weighted by Gasteiger charge is 2.14. The van der Waals surface area contributed by atoms with Crippen molar-refractivity contribution in [1.82, 2.24) is 15.3 Å². The van der Waals surface area contributed by atoms with E-state index < -0.39 is 11.6 Å². The number of hydrogen-bond acceptors (Lipinski definition) is 3. The lowest BCUT2D eigenvalue weighted by molar-refractivity contribution is 0.526. The van der Waals surface area contributed by atoms with Gasteiger partial charge in [-0.2, -0.15) is 0 Å². The second kappa shape index (κ2) is 6.52. The molecule has 0 radical (unpaired) electrons. The number of hydrogen-bond donors (Lipinski definition) is 1. The van der Waals surface area contributed by atoms with Crippen LogP contribution in [0.4, 0.5) is 8.78 Å². The first-order chi connectivity index (χ1) is 9.58. The molecular formula is C15H17F2N3. The smallest absolute Gasteiger partial charge is 0.126 e. The Balaban J connectivity index is 2.25. The number of nitrogens with one attached hydrogen (secondary N) is 1. The number of benzene rings is 1. The minimum absolute atomic E-state index is 0.0945. The van der Waals surface area contributed by atoms with Gasteiger partial charge in [-0.15, -0.1) is 0 Å². The molecule has 1 atom stereocenters. The molecule has 0 spiro atoms. The van der Waals surface area contributed by atoms with Gasteiger partial charge in [-0.1, -0.05) is 6.92 Å². The molecular weight excluding hydrogens is 260 g/mol. The summed E-state index contributed by atoms with van der Waals surface area (Å²) in [4.78, 5) is 8.43. The molecule has 5 heteroatoms. The second-order valence-electron chi connectivity index (χ2n) is 4.62. The van der Waals surface area contributed by atoms with Crippen LogP contribution in [-0.2, 0) is 6.42 Å². The predicted octanol–water partition coefficient (Wildman–Crippen LogP) is 2.96. The van der Waals surface area contributed by atoms with E-state index in [9.17, 15) is 8.78 Å². The Kier molecular flexibility index (Phi) is 4.74. The lowest BCUT2D eigenvalue weighted by atomic mass is 10.0. The summed E-state index contributed by atoms with van der Waals surface area (Å²) in [5.41, 5.74) is 1.42. The summed E-state index contributed by atoms with van der Waals surface area (Å²) < 4.78 is 26.5. The van der Waals surface area contributed by atoms with Gasteiger partial charge in [0.2, 0.25) is 0 Å². The number of halogens is 2. The van der Waals surface area contributed by atoms with Crippen LogP contribution in [0.25, 0.3) is 0 Å². The Morgan fingerprint density at radius 2 is 1.90 bits per heavy atom. The van der Waals surface area contributed by atoms with Crippen molar-refractivity contribution in [2.24, 2.45) is 0 Å². The molecule has 0 aliphatic heterocycles. The van der Waals surface area contributed by atoms with Gasteiger partial charge < -0.3 is 5.32 Å². The second-order valence-corrected chi connectivity index (χ2v) is 4.62. The van der Waals surface area contributed by atoms with Gasteiger partial charge in [0.05, 0.1) is 11.7 Å². The van der Waals surface area contributed by atoms with Gasteiger partial charge in [-0.05, 0) is 43.7 Å². The zero-order chi connectivity index (χ0) is 14.5. The summed E-state index contributed by atoms with van der Waals surface area (Å²) in [5.74, 6) is -0.445. The SMILES string of the molecule is CCNC(Cc1cc(F)cc(F)c1)c1ccnc(C)n1. The van der Waals surface area contributed by atoms with Crippen LogP contribution in [0.3, 0.4) is 0 Å². The molecule has 0 aliphatic rings. The number of likely N-dealkylation sites (N-methyl/N-ethyl adjacent to an activating group) is 1. The Labute approximate surface area is 117 Å². The highest BCUT2D eigenvalue weighted by molar-refractivity contribution is 5.21. The maximum absolute atomic E-state index is 13.2. The molecule has 0 aliphatic carbocycles.